The Kier molecular flexibility index (Phi) is 9.90. The molecule has 9 nitrogen and oxygen atoms in total. The van der Waals surface area contributed by atoms with E-state index in [1.165, 1.54) is 0 Å². The number of ether oxygens (including phenoxy) is 2. The van der Waals surface area contributed by atoms with Gasteiger partial charge in [-0.25, -0.2) is 19.8 Å². The van der Waals surface area contributed by atoms with Gasteiger partial charge in [0.05, 0.1) is 0 Å². The number of carbonyl (C=O) groups is 3. The second-order valence-corrected chi connectivity index (χ2v) is 11.0. The standard InChI is InChI=1S/C27H41N3O6/c1-8-9-10-11-12-16-19-27(21(29-36-22(27)31)20-17-14-13-15-18-20)30(24(33)35-26(5,6)7)28-23(32)34-25(2,3)4/h13-15,17-18H,8-12,16,19H2,1-7H3,(H,28,32). The van der Waals surface area contributed by atoms with Gasteiger partial charge in [-0.2, -0.15) is 5.01 Å². The molecule has 2 amide bonds. The van der Waals surface area contributed by atoms with Crippen molar-refractivity contribution in [2.45, 2.75) is 110 Å². The molecule has 0 saturated carbocycles. The topological polar surface area (TPSA) is 107 Å². The minimum atomic E-state index is -1.73. The summed E-state index contributed by atoms with van der Waals surface area (Å²) in [5, 5.41) is 4.98. The molecule has 1 aliphatic rings. The van der Waals surface area contributed by atoms with Gasteiger partial charge in [0.2, 0.25) is 5.54 Å². The maximum absolute atomic E-state index is 13.5. The van der Waals surface area contributed by atoms with Gasteiger partial charge in [-0.05, 0) is 54.4 Å². The Morgan fingerprint density at radius 2 is 1.53 bits per heavy atom. The number of nitrogens with one attached hydrogen (secondary N) is 1. The summed E-state index contributed by atoms with van der Waals surface area (Å²) in [5.41, 5.74) is -0.148. The first-order valence-electron chi connectivity index (χ1n) is 12.7. The highest BCUT2D eigenvalue weighted by atomic mass is 16.7. The third-order valence-corrected chi connectivity index (χ3v) is 5.45. The van der Waals surface area contributed by atoms with E-state index < -0.39 is 34.9 Å². The summed E-state index contributed by atoms with van der Waals surface area (Å²) < 4.78 is 11.0. The van der Waals surface area contributed by atoms with Gasteiger partial charge in [0, 0.05) is 5.56 Å². The lowest BCUT2D eigenvalue weighted by molar-refractivity contribution is -0.151. The van der Waals surface area contributed by atoms with E-state index in [4.69, 9.17) is 14.3 Å². The summed E-state index contributed by atoms with van der Waals surface area (Å²) in [6, 6.07) is 8.99. The van der Waals surface area contributed by atoms with E-state index in [2.05, 4.69) is 17.5 Å². The van der Waals surface area contributed by atoms with Crippen LogP contribution in [0.3, 0.4) is 0 Å². The molecule has 0 aliphatic carbocycles. The maximum Gasteiger partial charge on any atom is 0.430 e. The van der Waals surface area contributed by atoms with Crippen LogP contribution in [0.5, 0.6) is 0 Å². The molecule has 1 heterocycles. The molecule has 1 N–H and O–H groups in total. The normalized spacial score (nSPS) is 17.8. The number of hydrogen-bond donors (Lipinski definition) is 1. The summed E-state index contributed by atoms with van der Waals surface area (Å²) in [5.74, 6) is -0.767. The Hall–Kier alpha value is -3.10. The van der Waals surface area contributed by atoms with Gasteiger partial charge in [0.25, 0.3) is 0 Å². The number of unbranched alkanes of at least 4 members (excludes halogenated alkanes) is 5. The quantitative estimate of drug-likeness (QED) is 0.247. The highest BCUT2D eigenvalue weighted by Gasteiger charge is 2.58. The number of carbonyl (C=O) groups excluding carboxylic acids is 3. The number of nitrogens with zero attached hydrogens (tertiary/aromatic N) is 2. The highest BCUT2D eigenvalue weighted by molar-refractivity contribution is 6.22. The van der Waals surface area contributed by atoms with Crippen LogP contribution >= 0.6 is 0 Å². The molecule has 2 rings (SSSR count). The van der Waals surface area contributed by atoms with Crippen LogP contribution in [-0.2, 0) is 19.1 Å². The van der Waals surface area contributed by atoms with Crippen molar-refractivity contribution in [2.75, 3.05) is 0 Å². The van der Waals surface area contributed by atoms with Gasteiger partial charge in [0.1, 0.15) is 16.9 Å². The van der Waals surface area contributed by atoms with Crippen molar-refractivity contribution >= 4 is 23.9 Å². The Balaban J connectivity index is 2.53. The zero-order valence-corrected chi connectivity index (χ0v) is 22.7. The van der Waals surface area contributed by atoms with E-state index in [0.717, 1.165) is 37.1 Å². The maximum atomic E-state index is 13.5. The molecule has 0 radical (unpaired) electrons. The number of amides is 2. The second kappa shape index (κ2) is 12.2. The number of oxime groups is 1. The Morgan fingerprint density at radius 1 is 0.944 bits per heavy atom. The summed E-state index contributed by atoms with van der Waals surface area (Å²) >= 11 is 0. The molecule has 0 bridgehead atoms. The molecule has 200 valence electrons. The molecule has 0 fully saturated rings. The molecule has 9 heteroatoms. The molecule has 0 aromatic heterocycles. The van der Waals surface area contributed by atoms with Crippen LogP contribution in [-0.4, -0.2) is 45.6 Å². The van der Waals surface area contributed by atoms with Crippen molar-refractivity contribution in [2.24, 2.45) is 5.16 Å². The fraction of sp³-hybridized carbons (Fsp3) is 0.630. The molecule has 1 atom stereocenters. The molecule has 0 spiro atoms. The van der Waals surface area contributed by atoms with E-state index >= 15 is 0 Å². The number of benzene rings is 1. The number of hydrogen-bond acceptors (Lipinski definition) is 7. The van der Waals surface area contributed by atoms with Crippen molar-refractivity contribution in [3.63, 3.8) is 0 Å². The highest BCUT2D eigenvalue weighted by Crippen LogP contribution is 2.35. The molecular weight excluding hydrogens is 462 g/mol. The lowest BCUT2D eigenvalue weighted by Gasteiger charge is -2.39. The molecule has 1 aliphatic heterocycles. The lowest BCUT2D eigenvalue weighted by atomic mass is 9.83. The van der Waals surface area contributed by atoms with Crippen LogP contribution in [0, 0.1) is 0 Å². The van der Waals surface area contributed by atoms with E-state index in [1.54, 1.807) is 65.8 Å². The van der Waals surface area contributed by atoms with Gasteiger partial charge < -0.3 is 14.3 Å². The second-order valence-electron chi connectivity index (χ2n) is 11.0. The number of hydrazine groups is 1. The third-order valence-electron chi connectivity index (χ3n) is 5.45. The average molecular weight is 504 g/mol. The van der Waals surface area contributed by atoms with Crippen LogP contribution in [0.4, 0.5) is 9.59 Å². The zero-order chi connectivity index (χ0) is 27.0. The zero-order valence-electron chi connectivity index (χ0n) is 22.7. The molecule has 1 aromatic carbocycles. The predicted octanol–water partition coefficient (Wildman–Crippen LogP) is 6.11. The van der Waals surface area contributed by atoms with Crippen molar-refractivity contribution in [3.8, 4) is 0 Å². The smallest absolute Gasteiger partial charge is 0.430 e. The lowest BCUT2D eigenvalue weighted by Crippen LogP contribution is -2.67. The first kappa shape index (κ1) is 29.1. The molecule has 1 unspecified atom stereocenters. The number of rotatable bonds is 9. The van der Waals surface area contributed by atoms with Crippen LogP contribution < -0.4 is 5.43 Å². The fourth-order valence-electron chi connectivity index (χ4n) is 3.91. The average Bonchev–Trinajstić information content (AvgIpc) is 3.09. The van der Waals surface area contributed by atoms with E-state index in [-0.39, 0.29) is 12.1 Å². The van der Waals surface area contributed by atoms with Gasteiger partial charge in [-0.1, -0.05) is 74.5 Å². The Labute approximate surface area is 214 Å². The first-order valence-corrected chi connectivity index (χ1v) is 12.7. The van der Waals surface area contributed by atoms with Crippen LogP contribution in [0.1, 0.15) is 99.0 Å². The van der Waals surface area contributed by atoms with Gasteiger partial charge in [-0.3, -0.25) is 0 Å². The summed E-state index contributed by atoms with van der Waals surface area (Å²) in [6.45, 7) is 12.4. The van der Waals surface area contributed by atoms with Crippen molar-refractivity contribution in [1.29, 1.82) is 0 Å². The van der Waals surface area contributed by atoms with Crippen molar-refractivity contribution in [3.05, 3.63) is 35.9 Å². The minimum Gasteiger partial charge on any atom is -0.443 e. The monoisotopic (exact) mass is 503 g/mol. The molecule has 36 heavy (non-hydrogen) atoms. The predicted molar refractivity (Wildman–Crippen MR) is 137 cm³/mol. The molecular formula is C27H41N3O6. The van der Waals surface area contributed by atoms with Crippen LogP contribution in [0.2, 0.25) is 0 Å². The SMILES string of the molecule is CCCCCCCCC1(N(NC(=O)OC(C)(C)C)C(=O)OC(C)(C)C)C(=O)ON=C1c1ccccc1. The van der Waals surface area contributed by atoms with Crippen molar-refractivity contribution < 1.29 is 28.7 Å². The molecule has 1 aromatic rings. The van der Waals surface area contributed by atoms with Crippen molar-refractivity contribution in [1.82, 2.24) is 10.4 Å². The van der Waals surface area contributed by atoms with E-state index in [9.17, 15) is 14.4 Å². The third kappa shape index (κ3) is 7.96. The Morgan fingerprint density at radius 3 is 2.11 bits per heavy atom. The van der Waals surface area contributed by atoms with Crippen LogP contribution in [0.15, 0.2) is 35.5 Å². The largest absolute Gasteiger partial charge is 0.443 e. The van der Waals surface area contributed by atoms with Gasteiger partial charge in [-0.15, -0.1) is 0 Å². The molecule has 0 saturated heterocycles. The summed E-state index contributed by atoms with van der Waals surface area (Å²) in [7, 11) is 0. The van der Waals surface area contributed by atoms with Crippen LogP contribution in [0.25, 0.3) is 0 Å². The van der Waals surface area contributed by atoms with Gasteiger partial charge >= 0.3 is 18.2 Å². The van der Waals surface area contributed by atoms with E-state index in [0.29, 0.717) is 12.0 Å². The summed E-state index contributed by atoms with van der Waals surface area (Å²) in [6.07, 6.45) is 4.13. The van der Waals surface area contributed by atoms with E-state index in [1.807, 2.05) is 6.07 Å². The first-order chi connectivity index (χ1) is 16.8. The Bertz CT molecular complexity index is 933. The summed E-state index contributed by atoms with van der Waals surface area (Å²) in [4.78, 5) is 45.0. The minimum absolute atomic E-state index is 0.181. The van der Waals surface area contributed by atoms with Gasteiger partial charge in [0.15, 0.2) is 0 Å². The fourth-order valence-corrected chi connectivity index (χ4v) is 3.91.